The minimum absolute atomic E-state index is 0.704. The average molecular weight is 250 g/mol. The molecular formula is C16H30N2. The van der Waals surface area contributed by atoms with Crippen LogP contribution in [0, 0.1) is 23.7 Å². The molecule has 2 saturated carbocycles. The van der Waals surface area contributed by atoms with Gasteiger partial charge in [0.2, 0.25) is 0 Å². The first-order valence-corrected chi connectivity index (χ1v) is 8.16. The summed E-state index contributed by atoms with van der Waals surface area (Å²) >= 11 is 0. The molecular weight excluding hydrogens is 220 g/mol. The zero-order valence-corrected chi connectivity index (χ0v) is 12.2. The van der Waals surface area contributed by atoms with Crippen LogP contribution < -0.4 is 5.32 Å². The maximum Gasteiger partial charge on any atom is 0.00510 e. The smallest absolute Gasteiger partial charge is 0.00510 e. The second-order valence-electron chi connectivity index (χ2n) is 7.40. The van der Waals surface area contributed by atoms with E-state index in [0.717, 1.165) is 23.7 Å². The minimum atomic E-state index is 0.704. The summed E-state index contributed by atoms with van der Waals surface area (Å²) in [6, 6.07) is 0.704. The first kappa shape index (κ1) is 12.9. The van der Waals surface area contributed by atoms with Crippen LogP contribution in [0.25, 0.3) is 0 Å². The first-order valence-electron chi connectivity index (χ1n) is 8.16. The van der Waals surface area contributed by atoms with Gasteiger partial charge in [0.05, 0.1) is 0 Å². The van der Waals surface area contributed by atoms with E-state index in [-0.39, 0.29) is 0 Å². The highest BCUT2D eigenvalue weighted by Crippen LogP contribution is 2.48. The van der Waals surface area contributed by atoms with Gasteiger partial charge in [0.25, 0.3) is 0 Å². The fourth-order valence-electron chi connectivity index (χ4n) is 4.57. The van der Waals surface area contributed by atoms with Crippen molar-refractivity contribution >= 4 is 0 Å². The van der Waals surface area contributed by atoms with Crippen molar-refractivity contribution in [3.63, 3.8) is 0 Å². The average Bonchev–Trinajstić information content (AvgIpc) is 2.94. The molecule has 0 aromatic carbocycles. The Morgan fingerprint density at radius 1 is 1.11 bits per heavy atom. The van der Waals surface area contributed by atoms with Crippen LogP contribution in [-0.2, 0) is 0 Å². The quantitative estimate of drug-likeness (QED) is 0.811. The van der Waals surface area contributed by atoms with Crippen molar-refractivity contribution < 1.29 is 0 Å². The molecule has 1 N–H and O–H groups in total. The Bertz CT molecular complexity index is 278. The molecule has 0 amide bonds. The van der Waals surface area contributed by atoms with Crippen LogP contribution >= 0.6 is 0 Å². The third-order valence-corrected chi connectivity index (χ3v) is 5.64. The summed E-state index contributed by atoms with van der Waals surface area (Å²) < 4.78 is 0. The Kier molecular flexibility index (Phi) is 3.95. The van der Waals surface area contributed by atoms with E-state index in [9.17, 15) is 0 Å². The maximum atomic E-state index is 3.65. The van der Waals surface area contributed by atoms with Gasteiger partial charge in [-0.1, -0.05) is 13.3 Å². The van der Waals surface area contributed by atoms with Crippen molar-refractivity contribution in [3.8, 4) is 0 Å². The van der Waals surface area contributed by atoms with Crippen molar-refractivity contribution in [1.82, 2.24) is 10.2 Å². The van der Waals surface area contributed by atoms with Crippen LogP contribution in [0.5, 0.6) is 0 Å². The van der Waals surface area contributed by atoms with E-state index < -0.39 is 0 Å². The maximum absolute atomic E-state index is 3.65. The number of fused-ring (bicyclic) bond motifs is 2. The van der Waals surface area contributed by atoms with Crippen LogP contribution in [0.1, 0.15) is 46.0 Å². The molecule has 2 nitrogen and oxygen atoms in total. The monoisotopic (exact) mass is 250 g/mol. The Hall–Kier alpha value is -0.0800. The van der Waals surface area contributed by atoms with Gasteiger partial charge < -0.3 is 10.2 Å². The fourth-order valence-corrected chi connectivity index (χ4v) is 4.57. The molecule has 5 unspecified atom stereocenters. The Morgan fingerprint density at radius 2 is 2.00 bits per heavy atom. The van der Waals surface area contributed by atoms with Crippen molar-refractivity contribution in [2.75, 3.05) is 26.2 Å². The Balaban J connectivity index is 1.54. The summed E-state index contributed by atoms with van der Waals surface area (Å²) in [5, 5.41) is 3.65. The van der Waals surface area contributed by atoms with Crippen LogP contribution in [0.3, 0.4) is 0 Å². The van der Waals surface area contributed by atoms with Crippen LogP contribution in [0.4, 0.5) is 0 Å². The van der Waals surface area contributed by atoms with E-state index in [1.165, 1.54) is 39.0 Å². The molecule has 5 atom stereocenters. The van der Waals surface area contributed by atoms with Gasteiger partial charge >= 0.3 is 0 Å². The lowest BCUT2D eigenvalue weighted by atomic mass is 9.88. The molecule has 0 aromatic heterocycles. The van der Waals surface area contributed by atoms with E-state index in [2.05, 4.69) is 24.1 Å². The number of nitrogens with one attached hydrogen (secondary N) is 1. The molecule has 0 aromatic rings. The summed E-state index contributed by atoms with van der Waals surface area (Å²) in [5.41, 5.74) is 0. The second-order valence-corrected chi connectivity index (χ2v) is 7.40. The van der Waals surface area contributed by atoms with E-state index in [0.29, 0.717) is 6.04 Å². The van der Waals surface area contributed by atoms with Gasteiger partial charge in [-0.05, 0) is 69.4 Å². The fraction of sp³-hybridized carbons (Fsp3) is 1.00. The summed E-state index contributed by atoms with van der Waals surface area (Å²) in [7, 11) is 0. The standard InChI is InChI=1S/C16H30N2/c1-12-9-17-13(2)5-6-18(10-12)11-16-8-14-3-4-15(16)7-14/h12-17H,3-11H2,1-2H3. The zero-order valence-electron chi connectivity index (χ0n) is 12.2. The molecule has 1 saturated heterocycles. The normalized spacial score (nSPS) is 46.0. The van der Waals surface area contributed by atoms with Gasteiger partial charge in [-0.3, -0.25) is 0 Å². The Morgan fingerprint density at radius 3 is 2.72 bits per heavy atom. The second kappa shape index (κ2) is 5.50. The van der Waals surface area contributed by atoms with Gasteiger partial charge in [-0.15, -0.1) is 0 Å². The van der Waals surface area contributed by atoms with Gasteiger partial charge in [0.15, 0.2) is 0 Å². The van der Waals surface area contributed by atoms with Crippen molar-refractivity contribution in [3.05, 3.63) is 0 Å². The van der Waals surface area contributed by atoms with Crippen molar-refractivity contribution in [1.29, 1.82) is 0 Å². The van der Waals surface area contributed by atoms with Gasteiger partial charge in [0, 0.05) is 19.1 Å². The van der Waals surface area contributed by atoms with Crippen molar-refractivity contribution in [2.24, 2.45) is 23.7 Å². The lowest BCUT2D eigenvalue weighted by Gasteiger charge is -2.34. The third kappa shape index (κ3) is 2.91. The lowest BCUT2D eigenvalue weighted by Crippen LogP contribution is -2.44. The number of nitrogens with zero attached hydrogens (tertiary/aromatic N) is 1. The molecule has 0 spiro atoms. The zero-order chi connectivity index (χ0) is 12.5. The molecule has 18 heavy (non-hydrogen) atoms. The topological polar surface area (TPSA) is 15.3 Å². The third-order valence-electron chi connectivity index (χ3n) is 5.64. The summed E-state index contributed by atoms with van der Waals surface area (Å²) in [5.74, 6) is 4.05. The molecule has 3 aliphatic rings. The largest absolute Gasteiger partial charge is 0.314 e. The molecule has 104 valence electrons. The molecule has 0 radical (unpaired) electrons. The minimum Gasteiger partial charge on any atom is -0.314 e. The van der Waals surface area contributed by atoms with Gasteiger partial charge in [-0.25, -0.2) is 0 Å². The first-order chi connectivity index (χ1) is 8.70. The van der Waals surface area contributed by atoms with Gasteiger partial charge in [0.1, 0.15) is 0 Å². The summed E-state index contributed by atoms with van der Waals surface area (Å²) in [6.07, 6.45) is 7.51. The molecule has 3 fully saturated rings. The lowest BCUT2D eigenvalue weighted by molar-refractivity contribution is 0.152. The number of rotatable bonds is 2. The molecule has 1 aliphatic heterocycles. The SMILES string of the molecule is CC1CNC(C)CCN(CC2CC3CCC2C3)C1. The summed E-state index contributed by atoms with van der Waals surface area (Å²) in [4.78, 5) is 2.79. The van der Waals surface area contributed by atoms with Crippen LogP contribution in [-0.4, -0.2) is 37.1 Å². The summed E-state index contributed by atoms with van der Waals surface area (Å²) in [6.45, 7) is 9.97. The Labute approximate surface area is 113 Å². The highest BCUT2D eigenvalue weighted by atomic mass is 15.1. The molecule has 1 heterocycles. The van der Waals surface area contributed by atoms with Gasteiger partial charge in [-0.2, -0.15) is 0 Å². The highest BCUT2D eigenvalue weighted by molar-refractivity contribution is 4.91. The van der Waals surface area contributed by atoms with Crippen LogP contribution in [0.15, 0.2) is 0 Å². The van der Waals surface area contributed by atoms with E-state index in [1.54, 1.807) is 19.3 Å². The number of hydrogen-bond acceptors (Lipinski definition) is 2. The van der Waals surface area contributed by atoms with E-state index >= 15 is 0 Å². The van der Waals surface area contributed by atoms with E-state index in [1.807, 2.05) is 0 Å². The van der Waals surface area contributed by atoms with Crippen LogP contribution in [0.2, 0.25) is 0 Å². The van der Waals surface area contributed by atoms with Crippen molar-refractivity contribution in [2.45, 2.75) is 52.0 Å². The molecule has 2 aliphatic carbocycles. The predicted octanol–water partition coefficient (Wildman–Crippen LogP) is 2.74. The highest BCUT2D eigenvalue weighted by Gasteiger charge is 2.40. The molecule has 2 heteroatoms. The molecule has 3 rings (SSSR count). The predicted molar refractivity (Wildman–Crippen MR) is 76.6 cm³/mol. The molecule has 2 bridgehead atoms. The van der Waals surface area contributed by atoms with E-state index in [4.69, 9.17) is 0 Å². The number of hydrogen-bond donors (Lipinski definition) is 1.